The van der Waals surface area contributed by atoms with E-state index >= 15 is 0 Å². The van der Waals surface area contributed by atoms with Gasteiger partial charge in [0.25, 0.3) is 0 Å². The Kier molecular flexibility index (Phi) is 5.05. The number of hydrogen-bond acceptors (Lipinski definition) is 4. The van der Waals surface area contributed by atoms with Gasteiger partial charge >= 0.3 is 5.97 Å². The van der Waals surface area contributed by atoms with Crippen LogP contribution in [0.25, 0.3) is 0 Å². The first-order valence-corrected chi connectivity index (χ1v) is 5.76. The van der Waals surface area contributed by atoms with Crippen molar-refractivity contribution < 1.29 is 14.6 Å². The van der Waals surface area contributed by atoms with Gasteiger partial charge in [0.15, 0.2) is 0 Å². The molecule has 4 nitrogen and oxygen atoms in total. The third-order valence-corrected chi connectivity index (χ3v) is 2.83. The van der Waals surface area contributed by atoms with Gasteiger partial charge in [-0.1, -0.05) is 12.8 Å². The summed E-state index contributed by atoms with van der Waals surface area (Å²) in [6.45, 7) is 3.97. The number of carbonyl (C=O) groups excluding carboxylic acids is 1. The molecule has 0 bridgehead atoms. The van der Waals surface area contributed by atoms with Crippen LogP contribution in [-0.4, -0.2) is 35.9 Å². The Balaban J connectivity index is 2.35. The number of aliphatic hydroxyl groups excluding tert-OH is 1. The number of hydrogen-bond donors (Lipinski definition) is 2. The van der Waals surface area contributed by atoms with Crippen LogP contribution in [0.15, 0.2) is 0 Å². The number of esters is 1. The molecule has 0 aliphatic heterocycles. The lowest BCUT2D eigenvalue weighted by Gasteiger charge is -2.30. The minimum Gasteiger partial charge on any atom is -0.465 e. The number of aliphatic hydroxyl groups is 1. The van der Waals surface area contributed by atoms with Gasteiger partial charge in [-0.25, -0.2) is 0 Å². The van der Waals surface area contributed by atoms with Crippen molar-refractivity contribution in [1.82, 2.24) is 5.32 Å². The molecule has 3 atom stereocenters. The van der Waals surface area contributed by atoms with Crippen LogP contribution in [-0.2, 0) is 9.53 Å². The summed E-state index contributed by atoms with van der Waals surface area (Å²) in [7, 11) is 0. The quantitative estimate of drug-likeness (QED) is 0.682. The zero-order valence-corrected chi connectivity index (χ0v) is 9.53. The van der Waals surface area contributed by atoms with Crippen molar-refractivity contribution in [1.29, 1.82) is 0 Å². The predicted molar refractivity (Wildman–Crippen MR) is 57.5 cm³/mol. The summed E-state index contributed by atoms with van der Waals surface area (Å²) in [5, 5.41) is 12.8. The van der Waals surface area contributed by atoms with Gasteiger partial charge in [-0.05, 0) is 26.7 Å². The molecule has 1 aliphatic rings. The van der Waals surface area contributed by atoms with Crippen molar-refractivity contribution in [2.45, 2.75) is 57.7 Å². The second-order valence-electron chi connectivity index (χ2n) is 4.10. The third-order valence-electron chi connectivity index (χ3n) is 2.83. The lowest BCUT2D eigenvalue weighted by atomic mass is 9.92. The van der Waals surface area contributed by atoms with Crippen molar-refractivity contribution in [2.24, 2.45) is 0 Å². The fourth-order valence-electron chi connectivity index (χ4n) is 1.96. The second kappa shape index (κ2) is 6.08. The van der Waals surface area contributed by atoms with E-state index in [4.69, 9.17) is 4.74 Å². The van der Waals surface area contributed by atoms with E-state index in [9.17, 15) is 9.90 Å². The minimum atomic E-state index is -0.331. The molecule has 4 heteroatoms. The molecule has 15 heavy (non-hydrogen) atoms. The monoisotopic (exact) mass is 215 g/mol. The first kappa shape index (κ1) is 12.5. The highest BCUT2D eigenvalue weighted by atomic mass is 16.5. The first-order valence-electron chi connectivity index (χ1n) is 5.76. The molecule has 0 aromatic carbocycles. The van der Waals surface area contributed by atoms with Gasteiger partial charge in [0, 0.05) is 6.04 Å². The number of nitrogens with one attached hydrogen (secondary N) is 1. The highest BCUT2D eigenvalue weighted by Gasteiger charge is 2.26. The molecule has 1 fully saturated rings. The van der Waals surface area contributed by atoms with Crippen LogP contribution in [0.3, 0.4) is 0 Å². The first-order chi connectivity index (χ1) is 7.15. The number of ether oxygens (including phenoxy) is 1. The Morgan fingerprint density at radius 2 is 2.20 bits per heavy atom. The fraction of sp³-hybridized carbons (Fsp3) is 0.909. The number of rotatable bonds is 4. The second-order valence-corrected chi connectivity index (χ2v) is 4.10. The van der Waals surface area contributed by atoms with E-state index in [-0.39, 0.29) is 24.2 Å². The van der Waals surface area contributed by atoms with Crippen LogP contribution in [0, 0.1) is 0 Å². The van der Waals surface area contributed by atoms with Crippen LogP contribution in [0.4, 0.5) is 0 Å². The van der Waals surface area contributed by atoms with E-state index in [0.29, 0.717) is 6.61 Å². The molecule has 0 spiro atoms. The lowest BCUT2D eigenvalue weighted by Crippen LogP contribution is -2.49. The summed E-state index contributed by atoms with van der Waals surface area (Å²) < 4.78 is 4.90. The van der Waals surface area contributed by atoms with Gasteiger partial charge in [0.2, 0.25) is 0 Å². The van der Waals surface area contributed by atoms with E-state index in [0.717, 1.165) is 25.7 Å². The summed E-state index contributed by atoms with van der Waals surface area (Å²) >= 11 is 0. The summed E-state index contributed by atoms with van der Waals surface area (Å²) in [4.78, 5) is 11.4. The average molecular weight is 215 g/mol. The molecule has 0 amide bonds. The van der Waals surface area contributed by atoms with Crippen LogP contribution >= 0.6 is 0 Å². The molecule has 1 rings (SSSR count). The Morgan fingerprint density at radius 3 is 2.80 bits per heavy atom. The van der Waals surface area contributed by atoms with E-state index in [1.165, 1.54) is 0 Å². The molecule has 1 saturated carbocycles. The van der Waals surface area contributed by atoms with Crippen LogP contribution < -0.4 is 5.32 Å². The van der Waals surface area contributed by atoms with Crippen molar-refractivity contribution in [3.05, 3.63) is 0 Å². The Bertz CT molecular complexity index is 208. The van der Waals surface area contributed by atoms with Gasteiger partial charge in [-0.2, -0.15) is 0 Å². The zero-order chi connectivity index (χ0) is 11.3. The van der Waals surface area contributed by atoms with Gasteiger partial charge in [-0.15, -0.1) is 0 Å². The van der Waals surface area contributed by atoms with Crippen LogP contribution in [0.5, 0.6) is 0 Å². The van der Waals surface area contributed by atoms with E-state index in [1.54, 1.807) is 13.8 Å². The largest absolute Gasteiger partial charge is 0.465 e. The maximum Gasteiger partial charge on any atom is 0.322 e. The lowest BCUT2D eigenvalue weighted by molar-refractivity contribution is -0.145. The summed E-state index contributed by atoms with van der Waals surface area (Å²) in [6, 6.07) is -0.291. The predicted octanol–water partition coefficient (Wildman–Crippen LogP) is 0.831. The Hall–Kier alpha value is -0.610. The van der Waals surface area contributed by atoms with Crippen molar-refractivity contribution in [3.63, 3.8) is 0 Å². The van der Waals surface area contributed by atoms with Gasteiger partial charge in [0.05, 0.1) is 12.7 Å². The van der Waals surface area contributed by atoms with E-state index in [1.807, 2.05) is 0 Å². The molecular weight excluding hydrogens is 194 g/mol. The molecule has 2 N–H and O–H groups in total. The SMILES string of the molecule is CCOC(=O)C(C)NC1CCCCC1O. The molecule has 88 valence electrons. The van der Waals surface area contributed by atoms with Gasteiger partial charge in [0.1, 0.15) is 6.04 Å². The normalized spacial score (nSPS) is 28.5. The third kappa shape index (κ3) is 3.80. The van der Waals surface area contributed by atoms with Crippen molar-refractivity contribution in [2.75, 3.05) is 6.61 Å². The van der Waals surface area contributed by atoms with Gasteiger partial charge < -0.3 is 9.84 Å². The molecule has 0 aromatic heterocycles. The molecule has 0 radical (unpaired) electrons. The topological polar surface area (TPSA) is 58.6 Å². The summed E-state index contributed by atoms with van der Waals surface area (Å²) in [5.74, 6) is -0.240. The fourth-order valence-corrected chi connectivity index (χ4v) is 1.96. The Morgan fingerprint density at radius 1 is 1.53 bits per heavy atom. The number of carbonyl (C=O) groups is 1. The average Bonchev–Trinajstić information content (AvgIpc) is 2.21. The maximum atomic E-state index is 11.4. The van der Waals surface area contributed by atoms with Crippen LogP contribution in [0.2, 0.25) is 0 Å². The van der Waals surface area contributed by atoms with E-state index < -0.39 is 0 Å². The van der Waals surface area contributed by atoms with Gasteiger partial charge in [-0.3, -0.25) is 10.1 Å². The molecule has 0 heterocycles. The smallest absolute Gasteiger partial charge is 0.322 e. The molecular formula is C11H21NO3. The maximum absolute atomic E-state index is 11.4. The molecule has 1 aliphatic carbocycles. The molecule has 0 aromatic rings. The van der Waals surface area contributed by atoms with E-state index in [2.05, 4.69) is 5.32 Å². The highest BCUT2D eigenvalue weighted by molar-refractivity contribution is 5.75. The minimum absolute atomic E-state index is 0.0400. The standard InChI is InChI=1S/C11H21NO3/c1-3-15-11(14)8(2)12-9-6-4-5-7-10(9)13/h8-10,12-13H,3-7H2,1-2H3. The summed E-state index contributed by atoms with van der Waals surface area (Å²) in [6.07, 6.45) is 3.63. The Labute approximate surface area is 91.0 Å². The molecule has 3 unspecified atom stereocenters. The highest BCUT2D eigenvalue weighted by Crippen LogP contribution is 2.18. The van der Waals surface area contributed by atoms with Crippen molar-refractivity contribution >= 4 is 5.97 Å². The molecule has 0 saturated heterocycles. The van der Waals surface area contributed by atoms with Crippen LogP contribution in [0.1, 0.15) is 39.5 Å². The zero-order valence-electron chi connectivity index (χ0n) is 9.53. The summed E-state index contributed by atoms with van der Waals surface area (Å²) in [5.41, 5.74) is 0. The van der Waals surface area contributed by atoms with Crippen molar-refractivity contribution in [3.8, 4) is 0 Å².